The van der Waals surface area contributed by atoms with Crippen LogP contribution in [0.2, 0.25) is 0 Å². The first-order chi connectivity index (χ1) is 15.6. The summed E-state index contributed by atoms with van der Waals surface area (Å²) in [4.78, 5) is 7.14. The van der Waals surface area contributed by atoms with Gasteiger partial charge in [0.05, 0.1) is 5.69 Å². The van der Waals surface area contributed by atoms with Crippen molar-refractivity contribution in [3.63, 3.8) is 0 Å². The van der Waals surface area contributed by atoms with Gasteiger partial charge in [0.2, 0.25) is 0 Å². The highest BCUT2D eigenvalue weighted by atomic mass is 32.1. The predicted molar refractivity (Wildman–Crippen MR) is 139 cm³/mol. The van der Waals surface area contributed by atoms with Crippen LogP contribution in [0.5, 0.6) is 0 Å². The summed E-state index contributed by atoms with van der Waals surface area (Å²) in [5.41, 5.74) is 9.85. The quantitative estimate of drug-likeness (QED) is 0.283. The van der Waals surface area contributed by atoms with Crippen molar-refractivity contribution in [1.29, 1.82) is 0 Å². The molecule has 2 heterocycles. The molecular weight excluding hydrogens is 408 g/mol. The van der Waals surface area contributed by atoms with Gasteiger partial charge in [0.1, 0.15) is 0 Å². The van der Waals surface area contributed by atoms with Crippen LogP contribution in [-0.4, -0.2) is 19.1 Å². The third kappa shape index (κ3) is 3.92. The van der Waals surface area contributed by atoms with Gasteiger partial charge in [-0.1, -0.05) is 72.3 Å². The molecule has 0 radical (unpaired) electrons. The van der Waals surface area contributed by atoms with Crippen LogP contribution in [0.15, 0.2) is 90.4 Å². The van der Waals surface area contributed by atoms with Gasteiger partial charge in [0.25, 0.3) is 0 Å². The van der Waals surface area contributed by atoms with E-state index in [1.165, 1.54) is 49.2 Å². The van der Waals surface area contributed by atoms with E-state index in [-0.39, 0.29) is 0 Å². The first-order valence-corrected chi connectivity index (χ1v) is 11.8. The molecule has 2 aromatic heterocycles. The molecular formula is C29H26N2S. The Morgan fingerprint density at radius 2 is 1.50 bits per heavy atom. The van der Waals surface area contributed by atoms with E-state index in [0.717, 1.165) is 12.1 Å². The Morgan fingerprint density at radius 1 is 0.812 bits per heavy atom. The highest BCUT2D eigenvalue weighted by Gasteiger charge is 2.17. The third-order valence-electron chi connectivity index (χ3n) is 5.94. The zero-order valence-electron chi connectivity index (χ0n) is 18.7. The largest absolute Gasteiger partial charge is 0.378 e. The van der Waals surface area contributed by atoms with Crippen LogP contribution < -0.4 is 4.90 Å². The average Bonchev–Trinajstić information content (AvgIpc) is 3.24. The van der Waals surface area contributed by atoms with Gasteiger partial charge >= 0.3 is 0 Å². The molecule has 0 unspecified atom stereocenters. The van der Waals surface area contributed by atoms with Crippen LogP contribution in [0.3, 0.4) is 0 Å². The fourth-order valence-corrected chi connectivity index (χ4v) is 5.27. The van der Waals surface area contributed by atoms with Gasteiger partial charge in [-0.25, -0.2) is 0 Å². The summed E-state index contributed by atoms with van der Waals surface area (Å²) in [6.45, 7) is 2.13. The molecule has 0 saturated heterocycles. The second kappa shape index (κ2) is 8.60. The molecule has 0 spiro atoms. The molecule has 0 amide bonds. The molecule has 0 aliphatic heterocycles. The maximum absolute atomic E-state index is 5.01. The summed E-state index contributed by atoms with van der Waals surface area (Å²) in [7, 11) is 4.15. The topological polar surface area (TPSA) is 16.1 Å². The summed E-state index contributed by atoms with van der Waals surface area (Å²) in [6.07, 6.45) is 2.89. The van der Waals surface area contributed by atoms with E-state index in [9.17, 15) is 0 Å². The number of aryl methyl sites for hydroxylation is 1. The normalized spacial score (nSPS) is 11.1. The van der Waals surface area contributed by atoms with Gasteiger partial charge in [0, 0.05) is 53.6 Å². The van der Waals surface area contributed by atoms with E-state index in [1.807, 2.05) is 11.3 Å². The number of rotatable bonds is 5. The lowest BCUT2D eigenvalue weighted by Crippen LogP contribution is -2.08. The predicted octanol–water partition coefficient (Wildman–Crippen LogP) is 7.60. The SMILES string of the molecule is Cc1ccc(-c2csc3c(-c4ccc(N(C)C)cc4)c(Cc4ccccc4)ncc23)cc1. The van der Waals surface area contributed by atoms with E-state index >= 15 is 0 Å². The minimum atomic E-state index is 0.819. The Morgan fingerprint density at radius 3 is 2.19 bits per heavy atom. The first-order valence-electron chi connectivity index (χ1n) is 10.9. The number of thiophene rings is 1. The number of nitrogens with zero attached hydrogens (tertiary/aromatic N) is 2. The Hall–Kier alpha value is -3.43. The zero-order chi connectivity index (χ0) is 22.1. The Balaban J connectivity index is 1.69. The van der Waals surface area contributed by atoms with E-state index < -0.39 is 0 Å². The molecule has 3 heteroatoms. The molecule has 0 atom stereocenters. The fraction of sp³-hybridized carbons (Fsp3) is 0.138. The fourth-order valence-electron chi connectivity index (χ4n) is 4.13. The summed E-state index contributed by atoms with van der Waals surface area (Å²) in [5, 5.41) is 3.50. The number of benzene rings is 3. The van der Waals surface area contributed by atoms with Gasteiger partial charge in [-0.3, -0.25) is 4.98 Å². The van der Waals surface area contributed by atoms with Gasteiger partial charge in [0.15, 0.2) is 0 Å². The molecule has 5 rings (SSSR count). The zero-order valence-corrected chi connectivity index (χ0v) is 19.5. The lowest BCUT2D eigenvalue weighted by molar-refractivity contribution is 1.09. The molecule has 5 aromatic rings. The van der Waals surface area contributed by atoms with Gasteiger partial charge in [-0.05, 0) is 41.1 Å². The van der Waals surface area contributed by atoms with Crippen molar-refractivity contribution in [2.45, 2.75) is 13.3 Å². The Bertz CT molecular complexity index is 1350. The Labute approximate surface area is 193 Å². The maximum atomic E-state index is 5.01. The third-order valence-corrected chi connectivity index (χ3v) is 6.96. The van der Waals surface area contributed by atoms with Crippen molar-refractivity contribution in [3.8, 4) is 22.3 Å². The highest BCUT2D eigenvalue weighted by Crippen LogP contribution is 2.41. The average molecular weight is 435 g/mol. The second-order valence-corrected chi connectivity index (χ2v) is 9.32. The van der Waals surface area contributed by atoms with Crippen molar-refractivity contribution >= 4 is 27.1 Å². The first kappa shape index (κ1) is 20.5. The monoisotopic (exact) mass is 434 g/mol. The maximum Gasteiger partial charge on any atom is 0.0540 e. The summed E-state index contributed by atoms with van der Waals surface area (Å²) >= 11 is 1.82. The van der Waals surface area contributed by atoms with Gasteiger partial charge in [-0.2, -0.15) is 0 Å². The smallest absolute Gasteiger partial charge is 0.0540 e. The minimum Gasteiger partial charge on any atom is -0.378 e. The van der Waals surface area contributed by atoms with E-state index in [2.05, 4.69) is 116 Å². The van der Waals surface area contributed by atoms with Crippen LogP contribution in [0.4, 0.5) is 5.69 Å². The molecule has 32 heavy (non-hydrogen) atoms. The molecule has 0 saturated carbocycles. The number of aromatic nitrogens is 1. The van der Waals surface area contributed by atoms with Crippen LogP contribution >= 0.6 is 11.3 Å². The standard InChI is InChI=1S/C29H26N2S/c1-20-9-11-22(12-10-20)26-19-32-29-25(26)18-30-27(17-21-7-5-4-6-8-21)28(29)23-13-15-24(16-14-23)31(2)3/h4-16,18-19H,17H2,1-3H3. The molecule has 0 N–H and O–H groups in total. The number of anilines is 1. The lowest BCUT2D eigenvalue weighted by Gasteiger charge is -2.15. The molecule has 158 valence electrons. The van der Waals surface area contributed by atoms with Crippen LogP contribution in [-0.2, 0) is 6.42 Å². The summed E-state index contributed by atoms with van der Waals surface area (Å²) < 4.78 is 1.30. The summed E-state index contributed by atoms with van der Waals surface area (Å²) in [6, 6.07) is 28.2. The molecule has 2 nitrogen and oxygen atoms in total. The molecule has 3 aromatic carbocycles. The van der Waals surface area contributed by atoms with E-state index in [0.29, 0.717) is 0 Å². The lowest BCUT2D eigenvalue weighted by atomic mass is 9.96. The van der Waals surface area contributed by atoms with Crippen molar-refractivity contribution in [3.05, 3.63) is 107 Å². The van der Waals surface area contributed by atoms with Gasteiger partial charge in [-0.15, -0.1) is 11.3 Å². The number of fused-ring (bicyclic) bond motifs is 1. The van der Waals surface area contributed by atoms with Crippen molar-refractivity contribution in [2.75, 3.05) is 19.0 Å². The number of hydrogen-bond donors (Lipinski definition) is 0. The molecule has 0 fully saturated rings. The van der Waals surface area contributed by atoms with Crippen LogP contribution in [0.25, 0.3) is 32.3 Å². The van der Waals surface area contributed by atoms with Crippen LogP contribution in [0.1, 0.15) is 16.8 Å². The highest BCUT2D eigenvalue weighted by molar-refractivity contribution is 7.18. The van der Waals surface area contributed by atoms with E-state index in [1.54, 1.807) is 0 Å². The Kier molecular flexibility index (Phi) is 5.50. The minimum absolute atomic E-state index is 0.819. The molecule has 0 bridgehead atoms. The van der Waals surface area contributed by atoms with Crippen molar-refractivity contribution in [1.82, 2.24) is 4.98 Å². The number of pyridine rings is 1. The second-order valence-electron chi connectivity index (χ2n) is 8.44. The van der Waals surface area contributed by atoms with Crippen LogP contribution in [0, 0.1) is 6.92 Å². The molecule has 0 aliphatic carbocycles. The summed E-state index contributed by atoms with van der Waals surface area (Å²) in [5.74, 6) is 0. The van der Waals surface area contributed by atoms with E-state index in [4.69, 9.17) is 4.98 Å². The van der Waals surface area contributed by atoms with Crippen molar-refractivity contribution < 1.29 is 0 Å². The molecule has 0 aliphatic rings. The van der Waals surface area contributed by atoms with Crippen molar-refractivity contribution in [2.24, 2.45) is 0 Å². The number of hydrogen-bond acceptors (Lipinski definition) is 3. The van der Waals surface area contributed by atoms with Gasteiger partial charge < -0.3 is 4.90 Å².